The highest BCUT2D eigenvalue weighted by atomic mass is 32.1. The van der Waals surface area contributed by atoms with Gasteiger partial charge < -0.3 is 14.8 Å². The second-order valence-corrected chi connectivity index (χ2v) is 7.07. The van der Waals surface area contributed by atoms with Crippen molar-refractivity contribution >= 4 is 33.1 Å². The molecule has 6 nitrogen and oxygen atoms in total. The number of aromatic nitrogens is 2. The molecule has 3 aromatic rings. The van der Waals surface area contributed by atoms with Crippen molar-refractivity contribution in [3.05, 3.63) is 41.0 Å². The number of rotatable bonds is 6. The monoisotopic (exact) mass is 369 g/mol. The largest absolute Gasteiger partial charge is 0.492 e. The van der Waals surface area contributed by atoms with E-state index in [2.05, 4.69) is 15.3 Å². The van der Waals surface area contributed by atoms with Crippen LogP contribution < -0.4 is 14.8 Å². The summed E-state index contributed by atoms with van der Waals surface area (Å²) in [7, 11) is 0. The standard InChI is InChI=1S/C19H19N3O3S/c1-2-24-14-8-4-3-7-13(14)22-16(23)10-25-18-17-12-6-5-9-15(12)26-19(17)21-11-20-18/h3-4,7-8,11H,2,5-6,9-10H2,1H3,(H,22,23). The van der Waals surface area contributed by atoms with E-state index in [9.17, 15) is 4.79 Å². The number of aryl methyl sites for hydroxylation is 2. The molecule has 0 unspecified atom stereocenters. The predicted octanol–water partition coefficient (Wildman–Crippen LogP) is 3.60. The van der Waals surface area contributed by atoms with E-state index in [-0.39, 0.29) is 12.5 Å². The Morgan fingerprint density at radius 3 is 3.00 bits per heavy atom. The van der Waals surface area contributed by atoms with Crippen LogP contribution in [0.1, 0.15) is 23.8 Å². The van der Waals surface area contributed by atoms with Crippen LogP contribution >= 0.6 is 11.3 Å². The molecule has 0 atom stereocenters. The number of ether oxygens (including phenoxy) is 2. The molecule has 0 spiro atoms. The quantitative estimate of drug-likeness (QED) is 0.719. The van der Waals surface area contributed by atoms with E-state index >= 15 is 0 Å². The number of para-hydroxylation sites is 2. The third-order valence-electron chi connectivity index (χ3n) is 4.27. The van der Waals surface area contributed by atoms with Gasteiger partial charge in [-0.25, -0.2) is 9.97 Å². The molecule has 0 bridgehead atoms. The molecule has 0 saturated carbocycles. The predicted molar refractivity (Wildman–Crippen MR) is 101 cm³/mol. The van der Waals surface area contributed by atoms with Crippen LogP contribution in [-0.2, 0) is 17.6 Å². The van der Waals surface area contributed by atoms with E-state index in [1.165, 1.54) is 16.8 Å². The maximum Gasteiger partial charge on any atom is 0.262 e. The zero-order valence-corrected chi connectivity index (χ0v) is 15.3. The number of amides is 1. The smallest absolute Gasteiger partial charge is 0.262 e. The summed E-state index contributed by atoms with van der Waals surface area (Å²) in [6, 6.07) is 7.34. The SMILES string of the molecule is CCOc1ccccc1NC(=O)COc1ncnc2sc3c(c12)CCC3. The third-order valence-corrected chi connectivity index (χ3v) is 5.47. The number of anilines is 1. The first-order valence-electron chi connectivity index (χ1n) is 8.66. The summed E-state index contributed by atoms with van der Waals surface area (Å²) in [4.78, 5) is 23.2. The van der Waals surface area contributed by atoms with E-state index in [4.69, 9.17) is 9.47 Å². The Hall–Kier alpha value is -2.67. The summed E-state index contributed by atoms with van der Waals surface area (Å²) in [6.45, 7) is 2.32. The van der Waals surface area contributed by atoms with Crippen molar-refractivity contribution in [1.29, 1.82) is 0 Å². The number of nitrogens with one attached hydrogen (secondary N) is 1. The molecule has 0 aliphatic heterocycles. The van der Waals surface area contributed by atoms with Gasteiger partial charge in [-0.1, -0.05) is 12.1 Å². The molecule has 1 aliphatic carbocycles. The van der Waals surface area contributed by atoms with Crippen molar-refractivity contribution in [3.63, 3.8) is 0 Å². The van der Waals surface area contributed by atoms with Crippen LogP contribution in [0.4, 0.5) is 5.69 Å². The average molecular weight is 369 g/mol. The molecule has 4 rings (SSSR count). The highest BCUT2D eigenvalue weighted by Gasteiger charge is 2.22. The number of benzene rings is 1. The van der Waals surface area contributed by atoms with Crippen LogP contribution in [0.5, 0.6) is 11.6 Å². The minimum Gasteiger partial charge on any atom is -0.492 e. The number of carbonyl (C=O) groups excluding carboxylic acids is 1. The van der Waals surface area contributed by atoms with E-state index in [0.717, 1.165) is 29.5 Å². The lowest BCUT2D eigenvalue weighted by Gasteiger charge is -2.12. The van der Waals surface area contributed by atoms with E-state index in [0.29, 0.717) is 23.9 Å². The summed E-state index contributed by atoms with van der Waals surface area (Å²) in [6.07, 6.45) is 4.75. The summed E-state index contributed by atoms with van der Waals surface area (Å²) in [5, 5.41) is 3.80. The van der Waals surface area contributed by atoms with Crippen LogP contribution in [0, 0.1) is 0 Å². The molecule has 2 heterocycles. The van der Waals surface area contributed by atoms with Gasteiger partial charge in [0, 0.05) is 4.88 Å². The Bertz CT molecular complexity index is 954. The molecule has 7 heteroatoms. The van der Waals surface area contributed by atoms with Crippen LogP contribution in [0.25, 0.3) is 10.2 Å². The van der Waals surface area contributed by atoms with Crippen molar-refractivity contribution < 1.29 is 14.3 Å². The zero-order chi connectivity index (χ0) is 17.9. The van der Waals surface area contributed by atoms with Gasteiger partial charge >= 0.3 is 0 Å². The Labute approximate surface area is 155 Å². The maximum atomic E-state index is 12.3. The van der Waals surface area contributed by atoms with Gasteiger partial charge in [-0.15, -0.1) is 11.3 Å². The van der Waals surface area contributed by atoms with Crippen molar-refractivity contribution in [2.45, 2.75) is 26.2 Å². The maximum absolute atomic E-state index is 12.3. The molecule has 134 valence electrons. The fourth-order valence-corrected chi connectivity index (χ4v) is 4.40. The van der Waals surface area contributed by atoms with E-state index in [1.54, 1.807) is 17.4 Å². The summed E-state index contributed by atoms with van der Waals surface area (Å²) >= 11 is 1.70. The van der Waals surface area contributed by atoms with Crippen LogP contribution in [0.15, 0.2) is 30.6 Å². The van der Waals surface area contributed by atoms with Gasteiger partial charge in [0.2, 0.25) is 5.88 Å². The van der Waals surface area contributed by atoms with E-state index < -0.39 is 0 Å². The summed E-state index contributed by atoms with van der Waals surface area (Å²) in [5.41, 5.74) is 1.91. The molecule has 0 saturated heterocycles. The molecule has 0 fully saturated rings. The Kier molecular flexibility index (Phi) is 4.71. The van der Waals surface area contributed by atoms with Gasteiger partial charge in [0.25, 0.3) is 5.91 Å². The van der Waals surface area contributed by atoms with Crippen LogP contribution in [0.2, 0.25) is 0 Å². The van der Waals surface area contributed by atoms with Gasteiger partial charge in [0.1, 0.15) is 16.9 Å². The molecule has 1 amide bonds. The Balaban J connectivity index is 1.48. The minimum absolute atomic E-state index is 0.114. The Morgan fingerprint density at radius 2 is 2.12 bits per heavy atom. The number of hydrogen-bond acceptors (Lipinski definition) is 6. The second-order valence-electron chi connectivity index (χ2n) is 5.98. The summed E-state index contributed by atoms with van der Waals surface area (Å²) < 4.78 is 11.3. The third kappa shape index (κ3) is 3.22. The fraction of sp³-hybridized carbons (Fsp3) is 0.316. The second kappa shape index (κ2) is 7.29. The normalized spacial score (nSPS) is 12.8. The number of hydrogen-bond donors (Lipinski definition) is 1. The van der Waals surface area contributed by atoms with Crippen LogP contribution in [-0.4, -0.2) is 29.1 Å². The lowest BCUT2D eigenvalue weighted by atomic mass is 10.2. The zero-order valence-electron chi connectivity index (χ0n) is 14.4. The molecule has 2 aromatic heterocycles. The number of thiophene rings is 1. The fourth-order valence-electron chi connectivity index (χ4n) is 3.18. The molecule has 1 aromatic carbocycles. The topological polar surface area (TPSA) is 73.3 Å². The van der Waals surface area contributed by atoms with Crippen molar-refractivity contribution in [2.75, 3.05) is 18.5 Å². The number of fused-ring (bicyclic) bond motifs is 3. The lowest BCUT2D eigenvalue weighted by molar-refractivity contribution is -0.118. The van der Waals surface area contributed by atoms with Gasteiger partial charge in [-0.3, -0.25) is 4.79 Å². The van der Waals surface area contributed by atoms with Gasteiger partial charge in [-0.05, 0) is 43.9 Å². The first kappa shape index (κ1) is 16.8. The molecule has 1 aliphatic rings. The molecule has 26 heavy (non-hydrogen) atoms. The Morgan fingerprint density at radius 1 is 1.23 bits per heavy atom. The minimum atomic E-state index is -0.254. The molecular formula is C19H19N3O3S. The van der Waals surface area contributed by atoms with Crippen LogP contribution in [0.3, 0.4) is 0 Å². The summed E-state index contributed by atoms with van der Waals surface area (Å²) in [5.74, 6) is 0.877. The molecular weight excluding hydrogens is 350 g/mol. The van der Waals surface area contributed by atoms with E-state index in [1.807, 2.05) is 25.1 Å². The van der Waals surface area contributed by atoms with Crippen molar-refractivity contribution in [2.24, 2.45) is 0 Å². The van der Waals surface area contributed by atoms with Gasteiger partial charge in [-0.2, -0.15) is 0 Å². The molecule has 1 N–H and O–H groups in total. The first-order valence-corrected chi connectivity index (χ1v) is 9.47. The van der Waals surface area contributed by atoms with Gasteiger partial charge in [0.15, 0.2) is 6.61 Å². The van der Waals surface area contributed by atoms with Crippen molar-refractivity contribution in [3.8, 4) is 11.6 Å². The number of carbonyl (C=O) groups is 1. The highest BCUT2D eigenvalue weighted by Crippen LogP contribution is 2.39. The number of nitrogens with zero attached hydrogens (tertiary/aromatic N) is 2. The molecule has 0 radical (unpaired) electrons. The average Bonchev–Trinajstić information content (AvgIpc) is 3.23. The highest BCUT2D eigenvalue weighted by molar-refractivity contribution is 7.18. The van der Waals surface area contributed by atoms with Gasteiger partial charge in [0.05, 0.1) is 17.7 Å². The van der Waals surface area contributed by atoms with Crippen molar-refractivity contribution in [1.82, 2.24) is 9.97 Å². The first-order chi connectivity index (χ1) is 12.8. The lowest BCUT2D eigenvalue weighted by Crippen LogP contribution is -2.21.